The Kier molecular flexibility index (Phi) is 5.80. The van der Waals surface area contributed by atoms with Crippen LogP contribution in [0.2, 0.25) is 0 Å². The molecular weight excluding hydrogens is 262 g/mol. The molecular formula is C18H27NO2. The fraction of sp³-hybridized carbons (Fsp3) is 0.611. The van der Waals surface area contributed by atoms with Crippen molar-refractivity contribution in [3.05, 3.63) is 35.4 Å². The maximum Gasteiger partial charge on any atom is 0.307 e. The van der Waals surface area contributed by atoms with Crippen molar-refractivity contribution < 1.29 is 9.90 Å². The largest absolute Gasteiger partial charge is 0.481 e. The van der Waals surface area contributed by atoms with E-state index in [-0.39, 0.29) is 5.92 Å². The number of hydrogen-bond donors (Lipinski definition) is 1. The normalized spacial score (nSPS) is 21.1. The molecule has 3 nitrogen and oxygen atoms in total. The highest BCUT2D eigenvalue weighted by Gasteiger charge is 2.30. The molecule has 1 aromatic rings. The van der Waals surface area contributed by atoms with Crippen LogP contribution < -0.4 is 0 Å². The van der Waals surface area contributed by atoms with Gasteiger partial charge in [-0.3, -0.25) is 9.69 Å². The Bertz CT molecular complexity index is 472. The van der Waals surface area contributed by atoms with Crippen molar-refractivity contribution >= 4 is 5.97 Å². The van der Waals surface area contributed by atoms with Crippen molar-refractivity contribution in [2.75, 3.05) is 13.1 Å². The Morgan fingerprint density at radius 1 is 1.43 bits per heavy atom. The van der Waals surface area contributed by atoms with Crippen LogP contribution >= 0.6 is 0 Å². The summed E-state index contributed by atoms with van der Waals surface area (Å²) in [6, 6.07) is 8.91. The van der Waals surface area contributed by atoms with E-state index in [1.54, 1.807) is 0 Å². The van der Waals surface area contributed by atoms with Gasteiger partial charge in [0.25, 0.3) is 0 Å². The Hall–Kier alpha value is -1.35. The summed E-state index contributed by atoms with van der Waals surface area (Å²) >= 11 is 0. The smallest absolute Gasteiger partial charge is 0.307 e. The van der Waals surface area contributed by atoms with Crippen LogP contribution in [0.15, 0.2) is 24.3 Å². The SMILES string of the molecule is CCCCC(c1ccccc1C)N1CCCC(C(=O)O)C1. The van der Waals surface area contributed by atoms with Crippen molar-refractivity contribution in [3.8, 4) is 0 Å². The van der Waals surface area contributed by atoms with E-state index < -0.39 is 5.97 Å². The number of aryl methyl sites for hydroxylation is 1. The van der Waals surface area contributed by atoms with Gasteiger partial charge in [0.15, 0.2) is 0 Å². The van der Waals surface area contributed by atoms with Crippen molar-refractivity contribution in [2.24, 2.45) is 5.92 Å². The lowest BCUT2D eigenvalue weighted by molar-refractivity contribution is -0.144. The second kappa shape index (κ2) is 7.60. The number of piperidine rings is 1. The van der Waals surface area contributed by atoms with Crippen molar-refractivity contribution in [1.29, 1.82) is 0 Å². The fourth-order valence-electron chi connectivity index (χ4n) is 3.38. The predicted octanol–water partition coefficient (Wildman–Crippen LogP) is 4.02. The van der Waals surface area contributed by atoms with Crippen LogP contribution in [-0.2, 0) is 4.79 Å². The lowest BCUT2D eigenvalue weighted by atomic mass is 9.91. The minimum absolute atomic E-state index is 0.202. The first kappa shape index (κ1) is 16.0. The van der Waals surface area contributed by atoms with Crippen molar-refractivity contribution in [1.82, 2.24) is 4.90 Å². The molecule has 3 heteroatoms. The van der Waals surface area contributed by atoms with Gasteiger partial charge in [0.2, 0.25) is 0 Å². The van der Waals surface area contributed by atoms with Crippen molar-refractivity contribution in [2.45, 2.75) is 52.0 Å². The summed E-state index contributed by atoms with van der Waals surface area (Å²) in [6.45, 7) is 6.09. The quantitative estimate of drug-likeness (QED) is 0.859. The lowest BCUT2D eigenvalue weighted by Crippen LogP contribution is -2.41. The summed E-state index contributed by atoms with van der Waals surface area (Å²) < 4.78 is 0. The fourth-order valence-corrected chi connectivity index (χ4v) is 3.38. The van der Waals surface area contributed by atoms with Crippen LogP contribution in [-0.4, -0.2) is 29.1 Å². The van der Waals surface area contributed by atoms with Gasteiger partial charge < -0.3 is 5.11 Å². The number of aliphatic carboxylic acids is 1. The zero-order valence-electron chi connectivity index (χ0n) is 13.2. The maximum atomic E-state index is 11.3. The summed E-state index contributed by atoms with van der Waals surface area (Å²) in [5.74, 6) is -0.842. The molecule has 2 unspecified atom stereocenters. The Labute approximate surface area is 128 Å². The zero-order chi connectivity index (χ0) is 15.2. The third-order valence-electron chi connectivity index (χ3n) is 4.62. The standard InChI is InChI=1S/C18H27NO2/c1-3-4-11-17(16-10-6-5-8-14(16)2)19-12-7-9-15(13-19)18(20)21/h5-6,8,10,15,17H,3-4,7,9,11-13H2,1-2H3,(H,20,21). The summed E-state index contributed by atoms with van der Waals surface area (Å²) in [7, 11) is 0. The number of rotatable bonds is 6. The highest BCUT2D eigenvalue weighted by molar-refractivity contribution is 5.70. The molecule has 0 radical (unpaired) electrons. The van der Waals surface area contributed by atoms with Gasteiger partial charge in [-0.2, -0.15) is 0 Å². The third kappa shape index (κ3) is 4.07. The van der Waals surface area contributed by atoms with Gasteiger partial charge >= 0.3 is 5.97 Å². The van der Waals surface area contributed by atoms with E-state index in [1.807, 2.05) is 0 Å². The van der Waals surface area contributed by atoms with E-state index in [4.69, 9.17) is 0 Å². The second-order valence-electron chi connectivity index (χ2n) is 6.19. The molecule has 1 saturated heterocycles. The molecule has 1 N–H and O–H groups in total. The van der Waals surface area contributed by atoms with Gasteiger partial charge in [0, 0.05) is 12.6 Å². The number of carboxylic acids is 1. The molecule has 0 amide bonds. The number of carbonyl (C=O) groups is 1. The first-order chi connectivity index (χ1) is 10.1. The summed E-state index contributed by atoms with van der Waals surface area (Å²) in [4.78, 5) is 13.7. The Morgan fingerprint density at radius 2 is 2.19 bits per heavy atom. The first-order valence-corrected chi connectivity index (χ1v) is 8.15. The zero-order valence-corrected chi connectivity index (χ0v) is 13.2. The topological polar surface area (TPSA) is 40.5 Å². The van der Waals surface area contributed by atoms with Crippen molar-refractivity contribution in [3.63, 3.8) is 0 Å². The number of unbranched alkanes of at least 4 members (excludes halogenated alkanes) is 1. The van der Waals surface area contributed by atoms with Crippen LogP contribution in [0.4, 0.5) is 0 Å². The molecule has 2 rings (SSSR count). The minimum Gasteiger partial charge on any atom is -0.481 e. The molecule has 0 aromatic heterocycles. The molecule has 2 atom stereocenters. The number of hydrogen-bond acceptors (Lipinski definition) is 2. The van der Waals surface area contributed by atoms with Gasteiger partial charge in [0.05, 0.1) is 5.92 Å². The molecule has 1 aromatic carbocycles. The molecule has 1 heterocycles. The van der Waals surface area contributed by atoms with Crippen LogP contribution in [0.5, 0.6) is 0 Å². The average molecular weight is 289 g/mol. The minimum atomic E-state index is -0.640. The highest BCUT2D eigenvalue weighted by atomic mass is 16.4. The van der Waals surface area contributed by atoms with Gasteiger partial charge in [-0.05, 0) is 43.9 Å². The van der Waals surface area contributed by atoms with Gasteiger partial charge in [-0.25, -0.2) is 0 Å². The van der Waals surface area contributed by atoms with Crippen LogP contribution in [0.1, 0.15) is 56.2 Å². The summed E-state index contributed by atoms with van der Waals surface area (Å²) in [6.07, 6.45) is 5.30. The average Bonchev–Trinajstić information content (AvgIpc) is 2.49. The molecule has 0 aliphatic carbocycles. The monoisotopic (exact) mass is 289 g/mol. The second-order valence-corrected chi connectivity index (χ2v) is 6.19. The molecule has 1 fully saturated rings. The molecule has 0 bridgehead atoms. The third-order valence-corrected chi connectivity index (χ3v) is 4.62. The predicted molar refractivity (Wildman–Crippen MR) is 85.4 cm³/mol. The van der Waals surface area contributed by atoms with E-state index in [0.29, 0.717) is 12.6 Å². The van der Waals surface area contributed by atoms with E-state index >= 15 is 0 Å². The summed E-state index contributed by atoms with van der Waals surface area (Å²) in [5, 5.41) is 9.31. The molecule has 0 saturated carbocycles. The molecule has 116 valence electrons. The number of nitrogens with zero attached hydrogens (tertiary/aromatic N) is 1. The molecule has 1 aliphatic rings. The molecule has 0 spiro atoms. The van der Waals surface area contributed by atoms with Gasteiger partial charge in [0.1, 0.15) is 0 Å². The van der Waals surface area contributed by atoms with E-state index in [9.17, 15) is 9.90 Å². The van der Waals surface area contributed by atoms with E-state index in [0.717, 1.165) is 25.8 Å². The van der Waals surface area contributed by atoms with Crippen LogP contribution in [0.25, 0.3) is 0 Å². The highest BCUT2D eigenvalue weighted by Crippen LogP contribution is 2.32. The Morgan fingerprint density at radius 3 is 2.86 bits per heavy atom. The lowest BCUT2D eigenvalue weighted by Gasteiger charge is -2.38. The van der Waals surface area contributed by atoms with E-state index in [1.165, 1.54) is 24.0 Å². The number of carboxylic acid groups (broad SMARTS) is 1. The Balaban J connectivity index is 2.19. The van der Waals surface area contributed by atoms with Gasteiger partial charge in [-0.15, -0.1) is 0 Å². The molecule has 21 heavy (non-hydrogen) atoms. The van der Waals surface area contributed by atoms with Crippen LogP contribution in [0, 0.1) is 12.8 Å². The van der Waals surface area contributed by atoms with E-state index in [2.05, 4.69) is 43.0 Å². The maximum absolute atomic E-state index is 11.3. The first-order valence-electron chi connectivity index (χ1n) is 8.15. The summed E-state index contributed by atoms with van der Waals surface area (Å²) in [5.41, 5.74) is 2.69. The number of benzene rings is 1. The molecule has 1 aliphatic heterocycles. The van der Waals surface area contributed by atoms with Crippen LogP contribution in [0.3, 0.4) is 0 Å². The number of likely N-dealkylation sites (tertiary alicyclic amines) is 1. The van der Waals surface area contributed by atoms with Gasteiger partial charge in [-0.1, -0.05) is 44.0 Å².